The summed E-state index contributed by atoms with van der Waals surface area (Å²) in [5.41, 5.74) is 3.26. The number of nitrogens with one attached hydrogen (secondary N) is 1. The first-order chi connectivity index (χ1) is 16.8. The second-order valence-electron chi connectivity index (χ2n) is 8.61. The molecule has 0 bridgehead atoms. The van der Waals surface area contributed by atoms with E-state index < -0.39 is 0 Å². The van der Waals surface area contributed by atoms with Gasteiger partial charge >= 0.3 is 0 Å². The number of ether oxygens (including phenoxy) is 1. The number of hydrogen-bond donors (Lipinski definition) is 1. The number of nitrogens with zero attached hydrogens (tertiary/aromatic N) is 2. The van der Waals surface area contributed by atoms with Crippen LogP contribution in [0.4, 0.5) is 11.4 Å². The van der Waals surface area contributed by atoms with Gasteiger partial charge in [0.05, 0.1) is 22.4 Å². The fraction of sp³-hybridized carbons (Fsp3) is 0.185. The smallest absolute Gasteiger partial charge is 0.261 e. The summed E-state index contributed by atoms with van der Waals surface area (Å²) in [5, 5.41) is 2.79. The van der Waals surface area contributed by atoms with Gasteiger partial charge in [-0.1, -0.05) is 18.2 Å². The Hall–Kier alpha value is -4.46. The molecule has 3 aromatic carbocycles. The minimum Gasteiger partial charge on any atom is -0.454 e. The van der Waals surface area contributed by atoms with E-state index in [9.17, 15) is 19.2 Å². The summed E-state index contributed by atoms with van der Waals surface area (Å²) >= 11 is 0. The largest absolute Gasteiger partial charge is 0.454 e. The first-order valence-corrected chi connectivity index (χ1v) is 11.3. The Morgan fingerprint density at radius 2 is 1.54 bits per heavy atom. The van der Waals surface area contributed by atoms with E-state index in [1.54, 1.807) is 49.5 Å². The molecule has 0 fully saturated rings. The summed E-state index contributed by atoms with van der Waals surface area (Å²) in [7, 11) is 1.68. The Bertz CT molecular complexity index is 1360. The highest BCUT2D eigenvalue weighted by Crippen LogP contribution is 2.39. The van der Waals surface area contributed by atoms with Crippen LogP contribution in [0.3, 0.4) is 0 Å². The van der Waals surface area contributed by atoms with Gasteiger partial charge in [0.1, 0.15) is 5.75 Å². The molecule has 2 aliphatic rings. The van der Waals surface area contributed by atoms with Gasteiger partial charge < -0.3 is 15.0 Å². The van der Waals surface area contributed by atoms with Crippen molar-refractivity contribution in [1.82, 2.24) is 4.90 Å². The third-order valence-electron chi connectivity index (χ3n) is 6.16. The lowest BCUT2D eigenvalue weighted by atomic mass is 10.1. The van der Waals surface area contributed by atoms with Gasteiger partial charge in [0, 0.05) is 25.7 Å². The highest BCUT2D eigenvalue weighted by molar-refractivity contribution is 6.21. The SMILES string of the molecule is Cc1ccc2c(c1)N(C)C(=O)c1cc(NC(=O)CCCN3C(=O)c4ccccc4C3=O)ccc1O2. The van der Waals surface area contributed by atoms with Crippen LogP contribution < -0.4 is 15.0 Å². The molecule has 0 atom stereocenters. The molecule has 0 aliphatic carbocycles. The molecule has 3 aromatic rings. The Morgan fingerprint density at radius 3 is 2.26 bits per heavy atom. The van der Waals surface area contributed by atoms with Crippen molar-refractivity contribution in [3.05, 3.63) is 82.9 Å². The molecule has 0 radical (unpaired) electrons. The summed E-state index contributed by atoms with van der Waals surface area (Å²) in [6.07, 6.45) is 0.432. The van der Waals surface area contributed by atoms with Crippen LogP contribution in [0.1, 0.15) is 49.5 Å². The van der Waals surface area contributed by atoms with Crippen LogP contribution in [-0.4, -0.2) is 42.1 Å². The minimum atomic E-state index is -0.337. The highest BCUT2D eigenvalue weighted by Gasteiger charge is 2.34. The monoisotopic (exact) mass is 469 g/mol. The van der Waals surface area contributed by atoms with Gasteiger partial charge in [-0.15, -0.1) is 0 Å². The molecule has 176 valence electrons. The van der Waals surface area contributed by atoms with Gasteiger partial charge in [0.15, 0.2) is 5.75 Å². The van der Waals surface area contributed by atoms with Gasteiger partial charge in [-0.05, 0) is 61.4 Å². The number of benzene rings is 3. The number of anilines is 2. The maximum atomic E-state index is 13.1. The van der Waals surface area contributed by atoms with Crippen molar-refractivity contribution in [3.8, 4) is 11.5 Å². The van der Waals surface area contributed by atoms with Gasteiger partial charge in [-0.2, -0.15) is 0 Å². The van der Waals surface area contributed by atoms with E-state index in [2.05, 4.69) is 5.32 Å². The van der Waals surface area contributed by atoms with E-state index in [0.29, 0.717) is 46.0 Å². The van der Waals surface area contributed by atoms with E-state index in [-0.39, 0.29) is 36.6 Å². The average Bonchev–Trinajstić information content (AvgIpc) is 3.04. The molecule has 5 rings (SSSR count). The molecular weight excluding hydrogens is 446 g/mol. The predicted octanol–water partition coefficient (Wildman–Crippen LogP) is 4.39. The average molecular weight is 469 g/mol. The molecule has 2 heterocycles. The first-order valence-electron chi connectivity index (χ1n) is 11.3. The molecular formula is C27H23N3O5. The van der Waals surface area contributed by atoms with E-state index in [1.807, 2.05) is 25.1 Å². The summed E-state index contributed by atoms with van der Waals surface area (Å²) in [6, 6.07) is 17.2. The summed E-state index contributed by atoms with van der Waals surface area (Å²) < 4.78 is 5.98. The Labute approximate surface area is 202 Å². The third-order valence-corrected chi connectivity index (χ3v) is 6.16. The number of carbonyl (C=O) groups excluding carboxylic acids is 4. The second kappa shape index (κ2) is 8.72. The Kier molecular flexibility index (Phi) is 5.56. The predicted molar refractivity (Wildman–Crippen MR) is 130 cm³/mol. The van der Waals surface area contributed by atoms with Crippen LogP contribution in [0.15, 0.2) is 60.7 Å². The number of carbonyl (C=O) groups is 4. The van der Waals surface area contributed by atoms with Crippen LogP contribution >= 0.6 is 0 Å². The summed E-state index contributed by atoms with van der Waals surface area (Å²) in [4.78, 5) is 53.2. The third kappa shape index (κ3) is 4.03. The van der Waals surface area contributed by atoms with Gasteiger partial charge in [-0.3, -0.25) is 24.1 Å². The topological polar surface area (TPSA) is 96.0 Å². The van der Waals surface area contributed by atoms with Crippen LogP contribution in [0.2, 0.25) is 0 Å². The van der Waals surface area contributed by atoms with Crippen molar-refractivity contribution >= 4 is 35.0 Å². The zero-order valence-corrected chi connectivity index (χ0v) is 19.3. The van der Waals surface area contributed by atoms with Crippen molar-refractivity contribution in [3.63, 3.8) is 0 Å². The molecule has 8 heteroatoms. The second-order valence-corrected chi connectivity index (χ2v) is 8.61. The van der Waals surface area contributed by atoms with E-state index in [4.69, 9.17) is 4.74 Å². The highest BCUT2D eigenvalue weighted by atomic mass is 16.5. The quantitative estimate of drug-likeness (QED) is 0.559. The van der Waals surface area contributed by atoms with E-state index >= 15 is 0 Å². The van der Waals surface area contributed by atoms with E-state index in [0.717, 1.165) is 5.56 Å². The fourth-order valence-corrected chi connectivity index (χ4v) is 4.31. The molecule has 0 spiro atoms. The van der Waals surface area contributed by atoms with Gasteiger partial charge in [-0.25, -0.2) is 0 Å². The number of aryl methyl sites for hydroxylation is 1. The molecule has 35 heavy (non-hydrogen) atoms. The zero-order valence-electron chi connectivity index (χ0n) is 19.3. The Balaban J connectivity index is 1.23. The number of hydrogen-bond acceptors (Lipinski definition) is 5. The van der Waals surface area contributed by atoms with Crippen molar-refractivity contribution in [1.29, 1.82) is 0 Å². The molecule has 1 N–H and O–H groups in total. The molecule has 0 saturated carbocycles. The van der Waals surface area contributed by atoms with Crippen molar-refractivity contribution in [2.75, 3.05) is 23.8 Å². The molecule has 8 nitrogen and oxygen atoms in total. The first kappa shape index (κ1) is 22.3. The lowest BCUT2D eigenvalue weighted by Gasteiger charge is -2.17. The van der Waals surface area contributed by atoms with Crippen LogP contribution in [0, 0.1) is 6.92 Å². The number of imide groups is 1. The van der Waals surface area contributed by atoms with Crippen LogP contribution in [-0.2, 0) is 4.79 Å². The van der Waals surface area contributed by atoms with Gasteiger partial charge in [0.2, 0.25) is 5.91 Å². The molecule has 2 aliphatic heterocycles. The number of amides is 4. The normalized spacial score (nSPS) is 14.2. The fourth-order valence-electron chi connectivity index (χ4n) is 4.31. The van der Waals surface area contributed by atoms with E-state index in [1.165, 1.54) is 9.80 Å². The lowest BCUT2D eigenvalue weighted by Crippen LogP contribution is -2.31. The zero-order chi connectivity index (χ0) is 24.7. The summed E-state index contributed by atoms with van der Waals surface area (Å²) in [6.45, 7) is 2.09. The lowest BCUT2D eigenvalue weighted by molar-refractivity contribution is -0.116. The maximum Gasteiger partial charge on any atom is 0.261 e. The Morgan fingerprint density at radius 1 is 0.857 bits per heavy atom. The van der Waals surface area contributed by atoms with Crippen molar-refractivity contribution in [2.45, 2.75) is 19.8 Å². The standard InChI is InChI=1S/C27H23N3O5/c1-16-9-11-23-21(14-16)29(2)25(32)20-15-17(10-12-22(20)35-23)28-24(31)8-5-13-30-26(33)18-6-3-4-7-19(18)27(30)34/h3-4,6-7,9-12,14-15H,5,8,13H2,1-2H3,(H,28,31). The maximum absolute atomic E-state index is 13.1. The number of fused-ring (bicyclic) bond motifs is 3. The minimum absolute atomic E-state index is 0.111. The van der Waals surface area contributed by atoms with Gasteiger partial charge in [0.25, 0.3) is 17.7 Å². The molecule has 0 aromatic heterocycles. The van der Waals surface area contributed by atoms with Crippen LogP contribution in [0.25, 0.3) is 0 Å². The molecule has 0 unspecified atom stereocenters. The van der Waals surface area contributed by atoms with Crippen molar-refractivity contribution < 1.29 is 23.9 Å². The number of rotatable bonds is 5. The van der Waals surface area contributed by atoms with Crippen LogP contribution in [0.5, 0.6) is 11.5 Å². The molecule has 0 saturated heterocycles. The summed E-state index contributed by atoms with van der Waals surface area (Å²) in [5.74, 6) is -0.212. The van der Waals surface area contributed by atoms with Crippen molar-refractivity contribution in [2.24, 2.45) is 0 Å². The molecule has 4 amide bonds.